The predicted octanol–water partition coefficient (Wildman–Crippen LogP) is 3.22. The van der Waals surface area contributed by atoms with Crippen molar-refractivity contribution in [2.75, 3.05) is 19.5 Å². The quantitative estimate of drug-likeness (QED) is 0.697. The second-order valence-electron chi connectivity index (χ2n) is 6.03. The first-order chi connectivity index (χ1) is 12.9. The van der Waals surface area contributed by atoms with E-state index in [1.165, 1.54) is 6.92 Å². The highest BCUT2D eigenvalue weighted by Gasteiger charge is 2.12. The summed E-state index contributed by atoms with van der Waals surface area (Å²) in [7, 11) is 3.16. The van der Waals surface area contributed by atoms with Gasteiger partial charge in [-0.05, 0) is 42.8 Å². The lowest BCUT2D eigenvalue weighted by Gasteiger charge is -2.17. The van der Waals surface area contributed by atoms with E-state index < -0.39 is 0 Å². The van der Waals surface area contributed by atoms with Crippen LogP contribution in [0.15, 0.2) is 42.5 Å². The van der Waals surface area contributed by atoms with Gasteiger partial charge in [0.2, 0.25) is 5.91 Å². The fraction of sp³-hybridized carbons (Fsp3) is 0.300. The number of carbonyl (C=O) groups excluding carboxylic acids is 2. The third-order valence-electron chi connectivity index (χ3n) is 3.98. The van der Waals surface area contributed by atoms with Crippen LogP contribution in [-0.4, -0.2) is 26.2 Å². The topological polar surface area (TPSA) is 88.7 Å². The molecule has 0 bridgehead atoms. The Kier molecular flexibility index (Phi) is 7.05. The lowest BCUT2D eigenvalue weighted by molar-refractivity contribution is -0.114. The molecule has 7 nitrogen and oxygen atoms in total. The van der Waals surface area contributed by atoms with E-state index in [9.17, 15) is 9.59 Å². The maximum absolute atomic E-state index is 12.3. The molecule has 0 saturated carbocycles. The number of amides is 3. The van der Waals surface area contributed by atoms with E-state index in [0.717, 1.165) is 11.1 Å². The number of benzene rings is 2. The van der Waals surface area contributed by atoms with Crippen LogP contribution in [0.3, 0.4) is 0 Å². The van der Waals surface area contributed by atoms with Gasteiger partial charge in [0.25, 0.3) is 0 Å². The lowest BCUT2D eigenvalue weighted by atomic mass is 10.1. The van der Waals surface area contributed by atoms with Crippen molar-refractivity contribution in [3.8, 4) is 11.5 Å². The smallest absolute Gasteiger partial charge is 0.315 e. The minimum atomic E-state index is -0.308. The van der Waals surface area contributed by atoms with Crippen LogP contribution in [0.2, 0.25) is 0 Å². The van der Waals surface area contributed by atoms with E-state index in [1.807, 2.05) is 31.2 Å². The molecule has 1 atom stereocenters. The van der Waals surface area contributed by atoms with E-state index in [1.54, 1.807) is 32.4 Å². The average Bonchev–Trinajstić information content (AvgIpc) is 2.65. The molecule has 2 aromatic carbocycles. The van der Waals surface area contributed by atoms with Gasteiger partial charge in [-0.2, -0.15) is 0 Å². The molecule has 144 valence electrons. The van der Waals surface area contributed by atoms with Gasteiger partial charge in [0.1, 0.15) is 11.5 Å². The summed E-state index contributed by atoms with van der Waals surface area (Å²) in [4.78, 5) is 23.4. The van der Waals surface area contributed by atoms with Crippen molar-refractivity contribution in [1.29, 1.82) is 0 Å². The number of carbonyl (C=O) groups is 2. The van der Waals surface area contributed by atoms with Crippen molar-refractivity contribution >= 4 is 17.6 Å². The Morgan fingerprint density at radius 1 is 1.07 bits per heavy atom. The summed E-state index contributed by atoms with van der Waals surface area (Å²) in [5, 5.41) is 8.43. The number of ether oxygens (including phenoxy) is 2. The van der Waals surface area contributed by atoms with Crippen LogP contribution in [0.5, 0.6) is 11.5 Å². The van der Waals surface area contributed by atoms with Crippen LogP contribution in [0.1, 0.15) is 31.0 Å². The molecular weight excluding hydrogens is 346 g/mol. The van der Waals surface area contributed by atoms with Crippen LogP contribution in [-0.2, 0) is 11.3 Å². The summed E-state index contributed by atoms with van der Waals surface area (Å²) < 4.78 is 10.5. The molecule has 0 aliphatic carbocycles. The number of urea groups is 1. The molecule has 3 N–H and O–H groups in total. The third kappa shape index (κ3) is 5.91. The number of methoxy groups -OCH3 is 2. The highest BCUT2D eigenvalue weighted by Crippen LogP contribution is 2.23. The second-order valence-corrected chi connectivity index (χ2v) is 6.03. The Morgan fingerprint density at radius 3 is 2.52 bits per heavy atom. The van der Waals surface area contributed by atoms with Gasteiger partial charge in [0, 0.05) is 24.7 Å². The van der Waals surface area contributed by atoms with Crippen LogP contribution < -0.4 is 25.4 Å². The molecule has 1 unspecified atom stereocenters. The minimum Gasteiger partial charge on any atom is -0.497 e. The Morgan fingerprint density at radius 2 is 1.85 bits per heavy atom. The molecule has 0 aliphatic rings. The van der Waals surface area contributed by atoms with Gasteiger partial charge in [-0.15, -0.1) is 0 Å². The standard InChI is InChI=1S/C20H25N3O4/c1-13(15-6-5-7-17(10-15)23-14(2)24)22-20(25)21-12-16-11-18(26-3)8-9-19(16)27-4/h5-11,13H,12H2,1-4H3,(H,23,24)(H2,21,22,25). The number of hydrogen-bond donors (Lipinski definition) is 3. The zero-order chi connectivity index (χ0) is 19.8. The molecule has 0 saturated heterocycles. The maximum Gasteiger partial charge on any atom is 0.315 e. The van der Waals surface area contributed by atoms with E-state index >= 15 is 0 Å². The molecule has 0 aromatic heterocycles. The Labute approximate surface area is 159 Å². The summed E-state index contributed by atoms with van der Waals surface area (Å²) in [5.41, 5.74) is 2.39. The summed E-state index contributed by atoms with van der Waals surface area (Å²) in [5.74, 6) is 1.22. The van der Waals surface area contributed by atoms with Crippen molar-refractivity contribution < 1.29 is 19.1 Å². The van der Waals surface area contributed by atoms with Gasteiger partial charge in [-0.25, -0.2) is 4.79 Å². The molecule has 2 aromatic rings. The average molecular weight is 371 g/mol. The van der Waals surface area contributed by atoms with E-state index in [-0.39, 0.29) is 18.0 Å². The highest BCUT2D eigenvalue weighted by atomic mass is 16.5. The second kappa shape index (κ2) is 9.47. The molecule has 0 radical (unpaired) electrons. The van der Waals surface area contributed by atoms with Crippen LogP contribution >= 0.6 is 0 Å². The first-order valence-electron chi connectivity index (χ1n) is 8.55. The monoisotopic (exact) mass is 371 g/mol. The van der Waals surface area contributed by atoms with Gasteiger partial charge in [0.05, 0.1) is 20.3 Å². The van der Waals surface area contributed by atoms with Crippen molar-refractivity contribution in [1.82, 2.24) is 10.6 Å². The number of hydrogen-bond acceptors (Lipinski definition) is 4. The maximum atomic E-state index is 12.3. The van der Waals surface area contributed by atoms with Crippen molar-refractivity contribution in [3.05, 3.63) is 53.6 Å². The van der Waals surface area contributed by atoms with Crippen LogP contribution in [0.4, 0.5) is 10.5 Å². The molecular formula is C20H25N3O4. The number of anilines is 1. The zero-order valence-corrected chi connectivity index (χ0v) is 16.0. The summed E-state index contributed by atoms with van der Waals surface area (Å²) >= 11 is 0. The number of rotatable bonds is 7. The first-order valence-corrected chi connectivity index (χ1v) is 8.55. The van der Waals surface area contributed by atoms with Gasteiger partial charge >= 0.3 is 6.03 Å². The number of nitrogens with one attached hydrogen (secondary N) is 3. The van der Waals surface area contributed by atoms with Crippen LogP contribution in [0, 0.1) is 0 Å². The van der Waals surface area contributed by atoms with Crippen LogP contribution in [0.25, 0.3) is 0 Å². The Balaban J connectivity index is 1.97. The van der Waals surface area contributed by atoms with E-state index in [2.05, 4.69) is 16.0 Å². The van der Waals surface area contributed by atoms with Gasteiger partial charge in [-0.1, -0.05) is 12.1 Å². The molecule has 27 heavy (non-hydrogen) atoms. The normalized spacial score (nSPS) is 11.3. The molecule has 2 rings (SSSR count). The molecule has 0 aliphatic heterocycles. The zero-order valence-electron chi connectivity index (χ0n) is 16.0. The van der Waals surface area contributed by atoms with Gasteiger partial charge in [-0.3, -0.25) is 4.79 Å². The Hall–Kier alpha value is -3.22. The minimum absolute atomic E-state index is 0.141. The van der Waals surface area contributed by atoms with Crippen molar-refractivity contribution in [2.24, 2.45) is 0 Å². The Bertz CT molecular complexity index is 808. The van der Waals surface area contributed by atoms with Crippen molar-refractivity contribution in [2.45, 2.75) is 26.4 Å². The molecule has 0 spiro atoms. The van der Waals surface area contributed by atoms with E-state index in [0.29, 0.717) is 23.7 Å². The highest BCUT2D eigenvalue weighted by molar-refractivity contribution is 5.88. The largest absolute Gasteiger partial charge is 0.497 e. The summed E-state index contributed by atoms with van der Waals surface area (Å²) in [6, 6.07) is 12.2. The van der Waals surface area contributed by atoms with Crippen molar-refractivity contribution in [3.63, 3.8) is 0 Å². The predicted molar refractivity (Wildman–Crippen MR) is 104 cm³/mol. The molecule has 7 heteroatoms. The summed E-state index contributed by atoms with van der Waals surface area (Å²) in [6.07, 6.45) is 0. The van der Waals surface area contributed by atoms with Gasteiger partial charge in [0.15, 0.2) is 0 Å². The SMILES string of the molecule is COc1ccc(OC)c(CNC(=O)NC(C)c2cccc(NC(C)=O)c2)c1. The van der Waals surface area contributed by atoms with Gasteiger partial charge < -0.3 is 25.4 Å². The molecule has 0 heterocycles. The fourth-order valence-corrected chi connectivity index (χ4v) is 2.62. The molecule has 3 amide bonds. The van der Waals surface area contributed by atoms with E-state index in [4.69, 9.17) is 9.47 Å². The fourth-order valence-electron chi connectivity index (χ4n) is 2.62. The summed E-state index contributed by atoms with van der Waals surface area (Å²) in [6.45, 7) is 3.62. The molecule has 0 fully saturated rings. The lowest BCUT2D eigenvalue weighted by Crippen LogP contribution is -2.36. The third-order valence-corrected chi connectivity index (χ3v) is 3.98. The first kappa shape index (κ1) is 20.1.